The van der Waals surface area contributed by atoms with Crippen molar-refractivity contribution in [1.82, 2.24) is 15.2 Å². The van der Waals surface area contributed by atoms with Crippen molar-refractivity contribution >= 4 is 32.5 Å². The zero-order valence-corrected chi connectivity index (χ0v) is 24.3. The molecule has 0 saturated carbocycles. The molecule has 1 aromatic heterocycles. The predicted octanol–water partition coefficient (Wildman–Crippen LogP) is 4.70. The maximum Gasteiger partial charge on any atom is 0.268 e. The van der Waals surface area contributed by atoms with Crippen LogP contribution >= 0.6 is 0 Å². The number of rotatable bonds is 8. The summed E-state index contributed by atoms with van der Waals surface area (Å²) in [6.45, 7) is 10.4. The van der Waals surface area contributed by atoms with Gasteiger partial charge < -0.3 is 20.1 Å². The van der Waals surface area contributed by atoms with E-state index in [0.717, 1.165) is 18.7 Å². The second-order valence-corrected chi connectivity index (χ2v) is 13.0. The Labute approximate surface area is 240 Å². The van der Waals surface area contributed by atoms with E-state index >= 15 is 0 Å². The van der Waals surface area contributed by atoms with Gasteiger partial charge in [0.05, 0.1) is 18.1 Å². The van der Waals surface area contributed by atoms with Crippen LogP contribution in [0.25, 0.3) is 22.0 Å². The van der Waals surface area contributed by atoms with Crippen molar-refractivity contribution in [3.05, 3.63) is 78.0 Å². The first-order valence-electron chi connectivity index (χ1n) is 13.7. The SMILES string of the molecule is CC(C)(C)c1ccc(S(=O)(=O)Nc2ccc3[nH]c(C(=O)NCCN4CCOCC4)c(-c4cccc(O)c4)c3c2)cc1. The van der Waals surface area contributed by atoms with Gasteiger partial charge in [-0.05, 0) is 59.0 Å². The molecule has 1 amide bonds. The summed E-state index contributed by atoms with van der Waals surface area (Å²) in [5, 5.41) is 13.8. The van der Waals surface area contributed by atoms with Crippen LogP contribution in [0.1, 0.15) is 36.8 Å². The molecular formula is C31H36N4O5S. The zero-order chi connectivity index (χ0) is 29.2. The average molecular weight is 577 g/mol. The third kappa shape index (κ3) is 6.56. The van der Waals surface area contributed by atoms with Crippen LogP contribution in [0.15, 0.2) is 71.6 Å². The van der Waals surface area contributed by atoms with E-state index in [4.69, 9.17) is 4.74 Å². The number of phenols is 1. The largest absolute Gasteiger partial charge is 0.508 e. The number of fused-ring (bicyclic) bond motifs is 1. The molecule has 0 atom stereocenters. The number of anilines is 1. The van der Waals surface area contributed by atoms with Gasteiger partial charge in [0, 0.05) is 48.3 Å². The Morgan fingerprint density at radius 1 is 1.02 bits per heavy atom. The molecule has 9 nitrogen and oxygen atoms in total. The first-order chi connectivity index (χ1) is 19.5. The van der Waals surface area contributed by atoms with Gasteiger partial charge in [0.2, 0.25) is 0 Å². The summed E-state index contributed by atoms with van der Waals surface area (Å²) in [6, 6.07) is 18.6. The molecular weight excluding hydrogens is 540 g/mol. The Kier molecular flexibility index (Phi) is 8.08. The van der Waals surface area contributed by atoms with E-state index in [9.17, 15) is 18.3 Å². The average Bonchev–Trinajstić information content (AvgIpc) is 3.32. The van der Waals surface area contributed by atoms with Gasteiger partial charge >= 0.3 is 0 Å². The molecule has 0 unspecified atom stereocenters. The minimum atomic E-state index is -3.85. The number of H-pyrrole nitrogens is 1. The number of ether oxygens (including phenoxy) is 1. The van der Waals surface area contributed by atoms with Crippen LogP contribution < -0.4 is 10.0 Å². The number of nitrogens with one attached hydrogen (secondary N) is 3. The second kappa shape index (κ2) is 11.6. The summed E-state index contributed by atoms with van der Waals surface area (Å²) in [5.41, 5.74) is 3.52. The van der Waals surface area contributed by atoms with E-state index in [-0.39, 0.29) is 22.0 Å². The highest BCUT2D eigenvalue weighted by Crippen LogP contribution is 2.36. The molecule has 5 rings (SSSR count). The number of hydrogen-bond acceptors (Lipinski definition) is 6. The number of sulfonamides is 1. The topological polar surface area (TPSA) is 124 Å². The Balaban J connectivity index is 1.45. The van der Waals surface area contributed by atoms with Crippen molar-refractivity contribution in [2.45, 2.75) is 31.1 Å². The molecule has 1 fully saturated rings. The number of benzene rings is 3. The summed E-state index contributed by atoms with van der Waals surface area (Å²) in [4.78, 5) is 19.0. The first-order valence-corrected chi connectivity index (χ1v) is 15.2. The van der Waals surface area contributed by atoms with Crippen LogP contribution in [0.5, 0.6) is 5.75 Å². The molecule has 0 spiro atoms. The third-order valence-electron chi connectivity index (χ3n) is 7.26. The van der Waals surface area contributed by atoms with E-state index in [1.807, 2.05) is 12.1 Å². The van der Waals surface area contributed by atoms with Gasteiger partial charge in [0.15, 0.2) is 0 Å². The fourth-order valence-corrected chi connectivity index (χ4v) is 6.03. The zero-order valence-electron chi connectivity index (χ0n) is 23.5. The molecule has 0 bridgehead atoms. The lowest BCUT2D eigenvalue weighted by Gasteiger charge is -2.26. The van der Waals surface area contributed by atoms with Crippen LogP contribution in [-0.4, -0.2) is 68.7 Å². The Morgan fingerprint density at radius 3 is 2.44 bits per heavy atom. The predicted molar refractivity (Wildman–Crippen MR) is 161 cm³/mol. The van der Waals surface area contributed by atoms with Crippen molar-refractivity contribution < 1.29 is 23.1 Å². The Bertz CT molecular complexity index is 1650. The van der Waals surface area contributed by atoms with Crippen molar-refractivity contribution in [2.24, 2.45) is 0 Å². The van der Waals surface area contributed by atoms with Gasteiger partial charge in [0.1, 0.15) is 11.4 Å². The van der Waals surface area contributed by atoms with E-state index in [1.165, 1.54) is 0 Å². The van der Waals surface area contributed by atoms with Crippen molar-refractivity contribution in [3.8, 4) is 16.9 Å². The first kappa shape index (κ1) is 28.7. The lowest BCUT2D eigenvalue weighted by atomic mass is 9.87. The van der Waals surface area contributed by atoms with Crippen LogP contribution in [0.3, 0.4) is 0 Å². The fourth-order valence-electron chi connectivity index (χ4n) is 4.98. The lowest BCUT2D eigenvalue weighted by Crippen LogP contribution is -2.41. The molecule has 1 aliphatic heterocycles. The molecule has 1 aliphatic rings. The van der Waals surface area contributed by atoms with E-state index in [1.54, 1.807) is 54.6 Å². The van der Waals surface area contributed by atoms with Gasteiger partial charge in [-0.15, -0.1) is 0 Å². The fraction of sp³-hybridized carbons (Fsp3) is 0.323. The molecule has 3 aromatic carbocycles. The number of amides is 1. The van der Waals surface area contributed by atoms with E-state index in [2.05, 4.69) is 40.7 Å². The molecule has 216 valence electrons. The molecule has 1 saturated heterocycles. The summed E-state index contributed by atoms with van der Waals surface area (Å²) in [6.07, 6.45) is 0. The summed E-state index contributed by atoms with van der Waals surface area (Å²) < 4.78 is 34.5. The molecule has 4 aromatic rings. The number of nitrogens with zero attached hydrogens (tertiary/aromatic N) is 1. The molecule has 10 heteroatoms. The number of carbonyl (C=O) groups excluding carboxylic acids is 1. The highest BCUT2D eigenvalue weighted by Gasteiger charge is 2.22. The quantitative estimate of drug-likeness (QED) is 0.241. The number of aromatic nitrogens is 1. The van der Waals surface area contributed by atoms with Crippen molar-refractivity contribution in [1.29, 1.82) is 0 Å². The van der Waals surface area contributed by atoms with Gasteiger partial charge in [-0.3, -0.25) is 14.4 Å². The van der Waals surface area contributed by atoms with E-state index < -0.39 is 10.0 Å². The van der Waals surface area contributed by atoms with Crippen molar-refractivity contribution in [3.63, 3.8) is 0 Å². The molecule has 4 N–H and O–H groups in total. The third-order valence-corrected chi connectivity index (χ3v) is 8.66. The molecule has 0 radical (unpaired) electrons. The van der Waals surface area contributed by atoms with Crippen LogP contribution in [0.2, 0.25) is 0 Å². The smallest absolute Gasteiger partial charge is 0.268 e. The number of aromatic amines is 1. The van der Waals surface area contributed by atoms with Gasteiger partial charge in [0.25, 0.3) is 15.9 Å². The van der Waals surface area contributed by atoms with Gasteiger partial charge in [-0.1, -0.05) is 45.0 Å². The monoisotopic (exact) mass is 576 g/mol. The van der Waals surface area contributed by atoms with Gasteiger partial charge in [-0.25, -0.2) is 8.42 Å². The highest BCUT2D eigenvalue weighted by atomic mass is 32.2. The van der Waals surface area contributed by atoms with Gasteiger partial charge in [-0.2, -0.15) is 0 Å². The number of aromatic hydroxyl groups is 1. The summed E-state index contributed by atoms with van der Waals surface area (Å²) >= 11 is 0. The maximum atomic E-state index is 13.4. The van der Waals surface area contributed by atoms with Crippen LogP contribution in [-0.2, 0) is 20.2 Å². The molecule has 0 aliphatic carbocycles. The molecule has 2 heterocycles. The highest BCUT2D eigenvalue weighted by molar-refractivity contribution is 7.92. The Morgan fingerprint density at radius 2 is 1.76 bits per heavy atom. The second-order valence-electron chi connectivity index (χ2n) is 11.3. The number of phenolic OH excluding ortho intramolecular Hbond substituents is 1. The normalized spacial score (nSPS) is 14.7. The van der Waals surface area contributed by atoms with E-state index in [0.29, 0.717) is 59.7 Å². The molecule has 41 heavy (non-hydrogen) atoms. The Hall–Kier alpha value is -3.86. The van der Waals surface area contributed by atoms with Crippen LogP contribution in [0, 0.1) is 0 Å². The standard InChI is InChI=1S/C31H36N4O5S/c1-31(2,3)22-7-10-25(11-8-22)41(38,39)34-23-9-12-27-26(20-23)28(21-5-4-6-24(36)19-21)29(33-27)30(37)32-13-14-35-15-17-40-18-16-35/h4-12,19-20,33-34,36H,13-18H2,1-3H3,(H,32,37). The minimum absolute atomic E-state index is 0.0612. The summed E-state index contributed by atoms with van der Waals surface area (Å²) in [5.74, 6) is -0.222. The number of hydrogen-bond donors (Lipinski definition) is 4. The van der Waals surface area contributed by atoms with Crippen LogP contribution in [0.4, 0.5) is 5.69 Å². The minimum Gasteiger partial charge on any atom is -0.508 e. The maximum absolute atomic E-state index is 13.4. The lowest BCUT2D eigenvalue weighted by molar-refractivity contribution is 0.0383. The summed E-state index contributed by atoms with van der Waals surface area (Å²) in [7, 11) is -3.85. The number of carbonyl (C=O) groups is 1. The number of morpholine rings is 1. The van der Waals surface area contributed by atoms with Crippen molar-refractivity contribution in [2.75, 3.05) is 44.1 Å².